The first kappa shape index (κ1) is 16.8. The Kier molecular flexibility index (Phi) is 4.57. The number of thiophene rings is 1. The molecule has 0 fully saturated rings. The van der Waals surface area contributed by atoms with Crippen LogP contribution < -0.4 is 5.73 Å². The molecule has 2 N–H and O–H groups in total. The van der Waals surface area contributed by atoms with E-state index in [1.54, 1.807) is 18.2 Å². The number of halogens is 3. The van der Waals surface area contributed by atoms with Crippen molar-refractivity contribution in [3.05, 3.63) is 51.9 Å². The predicted molar refractivity (Wildman–Crippen MR) is 82.3 cm³/mol. The van der Waals surface area contributed by atoms with E-state index in [0.717, 1.165) is 17.4 Å². The minimum Gasteiger partial charge on any atom is -0.366 e. The van der Waals surface area contributed by atoms with Gasteiger partial charge in [-0.15, -0.1) is 11.3 Å². The Morgan fingerprint density at radius 1 is 1.30 bits per heavy atom. The molecule has 118 valence electrons. The number of rotatable bonds is 3. The van der Waals surface area contributed by atoms with Gasteiger partial charge in [0.05, 0.1) is 17.2 Å². The zero-order valence-electron chi connectivity index (χ0n) is 11.9. The van der Waals surface area contributed by atoms with Crippen LogP contribution in [0.3, 0.4) is 0 Å². The summed E-state index contributed by atoms with van der Waals surface area (Å²) in [6, 6.07) is 8.32. The molecular weight excluding hydrogens is 325 g/mol. The third-order valence-electron chi connectivity index (χ3n) is 3.09. The van der Waals surface area contributed by atoms with Gasteiger partial charge in [0.2, 0.25) is 5.91 Å². The highest BCUT2D eigenvalue weighted by Gasteiger charge is 2.34. The fraction of sp³-hybridized carbons (Fsp3) is 0.125. The highest BCUT2D eigenvalue weighted by atomic mass is 32.1. The maximum absolute atomic E-state index is 13.2. The third kappa shape index (κ3) is 3.79. The van der Waals surface area contributed by atoms with Crippen molar-refractivity contribution in [3.63, 3.8) is 0 Å². The molecule has 0 aliphatic carbocycles. The topological polar surface area (TPSA) is 66.9 Å². The minimum absolute atomic E-state index is 0.00196. The molecule has 0 atom stereocenters. The molecule has 0 aliphatic rings. The smallest absolute Gasteiger partial charge is 0.366 e. The van der Waals surface area contributed by atoms with Gasteiger partial charge in [0.1, 0.15) is 0 Å². The maximum Gasteiger partial charge on any atom is 0.417 e. The Bertz CT molecular complexity index is 829. The summed E-state index contributed by atoms with van der Waals surface area (Å²) in [7, 11) is 0. The SMILES string of the molecule is C/C(=C\c1ccc(-c2ccc(C#N)cc2C(F)(F)F)s1)C(N)=O. The molecule has 23 heavy (non-hydrogen) atoms. The Morgan fingerprint density at radius 3 is 2.57 bits per heavy atom. The van der Waals surface area contributed by atoms with E-state index in [1.807, 2.05) is 0 Å². The fourth-order valence-corrected chi connectivity index (χ4v) is 2.97. The first-order valence-corrected chi connectivity index (χ1v) is 7.23. The summed E-state index contributed by atoms with van der Waals surface area (Å²) in [4.78, 5) is 12.0. The van der Waals surface area contributed by atoms with Crippen LogP contribution in [0.5, 0.6) is 0 Å². The average Bonchev–Trinajstić information content (AvgIpc) is 2.93. The van der Waals surface area contributed by atoms with Gasteiger partial charge in [-0.1, -0.05) is 6.07 Å². The van der Waals surface area contributed by atoms with Gasteiger partial charge < -0.3 is 5.73 Å². The van der Waals surface area contributed by atoms with Gasteiger partial charge in [-0.2, -0.15) is 18.4 Å². The second-order valence-electron chi connectivity index (χ2n) is 4.76. The Hall–Kier alpha value is -2.59. The molecule has 1 amide bonds. The predicted octanol–water partition coefficient (Wildman–Crippen LogP) is 4.19. The molecule has 0 saturated carbocycles. The molecule has 0 unspecified atom stereocenters. The number of amides is 1. The largest absolute Gasteiger partial charge is 0.417 e. The van der Waals surface area contributed by atoms with Gasteiger partial charge in [0, 0.05) is 20.9 Å². The summed E-state index contributed by atoms with van der Waals surface area (Å²) < 4.78 is 39.6. The van der Waals surface area contributed by atoms with Gasteiger partial charge in [0.15, 0.2) is 0 Å². The van der Waals surface area contributed by atoms with Gasteiger partial charge in [-0.05, 0) is 37.3 Å². The molecule has 2 aromatic rings. The normalized spacial score (nSPS) is 12.0. The molecule has 0 spiro atoms. The number of nitrogens with two attached hydrogens (primary N) is 1. The Morgan fingerprint density at radius 2 is 2.00 bits per heavy atom. The number of nitrogens with zero attached hydrogens (tertiary/aromatic N) is 1. The molecule has 2 rings (SSSR count). The van der Waals surface area contributed by atoms with Gasteiger partial charge >= 0.3 is 6.18 Å². The van der Waals surface area contributed by atoms with Crippen molar-refractivity contribution < 1.29 is 18.0 Å². The number of hydrogen-bond donors (Lipinski definition) is 1. The second kappa shape index (κ2) is 6.26. The van der Waals surface area contributed by atoms with Crippen LogP contribution in [0, 0.1) is 11.3 Å². The average molecular weight is 336 g/mol. The summed E-state index contributed by atoms with van der Waals surface area (Å²) in [5.74, 6) is -0.589. The lowest BCUT2D eigenvalue weighted by molar-refractivity contribution is -0.137. The molecule has 0 bridgehead atoms. The molecule has 7 heteroatoms. The van der Waals surface area contributed by atoms with Gasteiger partial charge in [-0.3, -0.25) is 4.79 Å². The molecule has 0 aliphatic heterocycles. The number of carbonyl (C=O) groups excluding carboxylic acids is 1. The van der Waals surface area contributed by atoms with Gasteiger partial charge in [0.25, 0.3) is 0 Å². The lowest BCUT2D eigenvalue weighted by Gasteiger charge is -2.11. The van der Waals surface area contributed by atoms with E-state index in [1.165, 1.54) is 25.1 Å². The number of nitriles is 1. The molecule has 0 saturated heterocycles. The summed E-state index contributed by atoms with van der Waals surface area (Å²) in [6.45, 7) is 1.53. The van der Waals surface area contributed by atoms with E-state index in [0.29, 0.717) is 15.3 Å². The maximum atomic E-state index is 13.2. The van der Waals surface area contributed by atoms with Crippen LogP contribution >= 0.6 is 11.3 Å². The highest BCUT2D eigenvalue weighted by molar-refractivity contribution is 7.16. The van der Waals surface area contributed by atoms with Crippen molar-refractivity contribution in [2.75, 3.05) is 0 Å². The molecule has 3 nitrogen and oxygen atoms in total. The minimum atomic E-state index is -4.56. The van der Waals surface area contributed by atoms with E-state index < -0.39 is 17.6 Å². The van der Waals surface area contributed by atoms with Crippen LogP contribution in [0.15, 0.2) is 35.9 Å². The molecule has 1 heterocycles. The van der Waals surface area contributed by atoms with E-state index in [4.69, 9.17) is 11.0 Å². The summed E-state index contributed by atoms with van der Waals surface area (Å²) >= 11 is 1.11. The first-order valence-electron chi connectivity index (χ1n) is 6.42. The number of primary amides is 1. The molecule has 1 aromatic carbocycles. The quantitative estimate of drug-likeness (QED) is 0.854. The lowest BCUT2D eigenvalue weighted by atomic mass is 10.0. The third-order valence-corrected chi connectivity index (χ3v) is 4.16. The van der Waals surface area contributed by atoms with Crippen LogP contribution in [0.25, 0.3) is 16.5 Å². The summed E-state index contributed by atoms with van der Waals surface area (Å²) in [6.07, 6.45) is -3.04. The van der Waals surface area contributed by atoms with Crippen molar-refractivity contribution in [2.24, 2.45) is 5.73 Å². The van der Waals surface area contributed by atoms with Crippen LogP contribution in [0.1, 0.15) is 22.9 Å². The van der Waals surface area contributed by atoms with Crippen molar-refractivity contribution in [2.45, 2.75) is 13.1 Å². The van der Waals surface area contributed by atoms with Crippen LogP contribution in [-0.2, 0) is 11.0 Å². The monoisotopic (exact) mass is 336 g/mol. The van der Waals surface area contributed by atoms with Crippen molar-refractivity contribution in [3.8, 4) is 16.5 Å². The van der Waals surface area contributed by atoms with Crippen molar-refractivity contribution in [1.29, 1.82) is 5.26 Å². The lowest BCUT2D eigenvalue weighted by Crippen LogP contribution is -2.11. The van der Waals surface area contributed by atoms with E-state index in [9.17, 15) is 18.0 Å². The van der Waals surface area contributed by atoms with Gasteiger partial charge in [-0.25, -0.2) is 0 Å². The first-order chi connectivity index (χ1) is 10.7. The number of alkyl halides is 3. The standard InChI is InChI=1S/C16H11F3N2OS/c1-9(15(21)22)6-11-3-5-14(23-11)12-4-2-10(8-20)7-13(12)16(17,18)19/h2-7H,1H3,(H2,21,22)/b9-6+. The number of benzene rings is 1. The fourth-order valence-electron chi connectivity index (χ4n) is 1.92. The van der Waals surface area contributed by atoms with Crippen LogP contribution in [0.4, 0.5) is 13.2 Å². The van der Waals surface area contributed by atoms with Crippen molar-refractivity contribution >= 4 is 23.3 Å². The Labute approximate surface area is 134 Å². The Balaban J connectivity index is 2.52. The highest BCUT2D eigenvalue weighted by Crippen LogP contribution is 2.40. The van der Waals surface area contributed by atoms with E-state index in [2.05, 4.69) is 0 Å². The van der Waals surface area contributed by atoms with Crippen LogP contribution in [-0.4, -0.2) is 5.91 Å². The molecule has 1 aromatic heterocycles. The van der Waals surface area contributed by atoms with Crippen LogP contribution in [0.2, 0.25) is 0 Å². The zero-order chi connectivity index (χ0) is 17.2. The zero-order valence-corrected chi connectivity index (χ0v) is 12.8. The summed E-state index contributed by atoms with van der Waals surface area (Å²) in [5.41, 5.74) is 4.53. The number of carbonyl (C=O) groups is 1. The van der Waals surface area contributed by atoms with E-state index >= 15 is 0 Å². The van der Waals surface area contributed by atoms with E-state index in [-0.39, 0.29) is 11.1 Å². The second-order valence-corrected chi connectivity index (χ2v) is 5.88. The molecule has 0 radical (unpaired) electrons. The summed E-state index contributed by atoms with van der Waals surface area (Å²) in [5, 5.41) is 8.78. The number of hydrogen-bond acceptors (Lipinski definition) is 3. The van der Waals surface area contributed by atoms with Crippen molar-refractivity contribution in [1.82, 2.24) is 0 Å². The molecular formula is C16H11F3N2OS.